The summed E-state index contributed by atoms with van der Waals surface area (Å²) in [5, 5.41) is 3.53. The molecule has 3 rings (SSSR count). The minimum atomic E-state index is 0.353. The molecule has 0 amide bonds. The third-order valence-corrected chi connectivity index (χ3v) is 4.12. The van der Waals surface area contributed by atoms with Crippen molar-refractivity contribution in [3.05, 3.63) is 24.2 Å². The molecule has 2 aromatic heterocycles. The van der Waals surface area contributed by atoms with Crippen LogP contribution in [0.2, 0.25) is 0 Å². The van der Waals surface area contributed by atoms with E-state index in [2.05, 4.69) is 42.0 Å². The van der Waals surface area contributed by atoms with Gasteiger partial charge in [-0.3, -0.25) is 0 Å². The van der Waals surface area contributed by atoms with E-state index < -0.39 is 0 Å². The van der Waals surface area contributed by atoms with Gasteiger partial charge in [-0.1, -0.05) is 6.92 Å². The molecule has 3 heterocycles. The molecule has 0 aromatic carbocycles. The van der Waals surface area contributed by atoms with E-state index in [4.69, 9.17) is 9.40 Å². The van der Waals surface area contributed by atoms with E-state index in [0.29, 0.717) is 11.9 Å². The average Bonchev–Trinajstić information content (AvgIpc) is 3.04. The zero-order chi connectivity index (χ0) is 16.2. The molecule has 0 bridgehead atoms. The maximum Gasteiger partial charge on any atom is 0.227 e. The smallest absolute Gasteiger partial charge is 0.227 e. The highest BCUT2D eigenvalue weighted by atomic mass is 16.4. The lowest BCUT2D eigenvalue weighted by Crippen LogP contribution is -2.31. The van der Waals surface area contributed by atoms with Crippen molar-refractivity contribution < 1.29 is 4.42 Å². The minimum absolute atomic E-state index is 0.353. The molecule has 0 unspecified atom stereocenters. The number of oxazole rings is 1. The Balaban J connectivity index is 1.93. The molecule has 0 radical (unpaired) electrons. The Hall–Kier alpha value is -2.04. The fourth-order valence-corrected chi connectivity index (χ4v) is 2.95. The summed E-state index contributed by atoms with van der Waals surface area (Å²) in [6.45, 7) is 8.52. The molecule has 2 aromatic rings. The van der Waals surface area contributed by atoms with Crippen molar-refractivity contribution in [2.75, 3.05) is 23.3 Å². The van der Waals surface area contributed by atoms with Gasteiger partial charge in [-0.15, -0.1) is 0 Å². The Kier molecular flexibility index (Phi) is 4.84. The Morgan fingerprint density at radius 1 is 1.17 bits per heavy atom. The summed E-state index contributed by atoms with van der Waals surface area (Å²) in [5.41, 5.74) is 1.99. The number of pyridine rings is 1. The summed E-state index contributed by atoms with van der Waals surface area (Å²) >= 11 is 0. The van der Waals surface area contributed by atoms with Gasteiger partial charge in [-0.05, 0) is 39.2 Å². The summed E-state index contributed by atoms with van der Waals surface area (Å²) in [4.78, 5) is 11.5. The van der Waals surface area contributed by atoms with Crippen LogP contribution in [0.15, 0.2) is 22.9 Å². The minimum Gasteiger partial charge on any atom is -0.441 e. The van der Waals surface area contributed by atoms with Crippen LogP contribution in [0.4, 0.5) is 11.5 Å². The lowest BCUT2D eigenvalue weighted by molar-refractivity contribution is 0.524. The molecular weight excluding hydrogens is 288 g/mol. The van der Waals surface area contributed by atoms with Crippen molar-refractivity contribution in [1.29, 1.82) is 0 Å². The lowest BCUT2D eigenvalue weighted by atomic mass is 10.1. The predicted octanol–water partition coefficient (Wildman–Crippen LogP) is 4.11. The van der Waals surface area contributed by atoms with Gasteiger partial charge in [0, 0.05) is 31.7 Å². The fourth-order valence-electron chi connectivity index (χ4n) is 2.95. The topological polar surface area (TPSA) is 54.2 Å². The second-order valence-corrected chi connectivity index (χ2v) is 6.43. The molecule has 1 saturated heterocycles. The molecule has 0 spiro atoms. The second kappa shape index (κ2) is 7.02. The van der Waals surface area contributed by atoms with Crippen molar-refractivity contribution in [3.8, 4) is 11.5 Å². The highest BCUT2D eigenvalue weighted by molar-refractivity contribution is 5.72. The van der Waals surface area contributed by atoms with E-state index in [1.54, 1.807) is 6.20 Å². The normalized spacial score (nSPS) is 15.2. The molecule has 0 aliphatic carbocycles. The van der Waals surface area contributed by atoms with Crippen LogP contribution in [0.25, 0.3) is 11.5 Å². The van der Waals surface area contributed by atoms with Crippen LogP contribution in [0.1, 0.15) is 45.8 Å². The van der Waals surface area contributed by atoms with Gasteiger partial charge in [-0.25, -0.2) is 9.97 Å². The SMILES string of the molecule is CCc1cnc(-c2cnc(N3CCCCC3)c(NC(C)C)c2)o1. The first kappa shape index (κ1) is 15.8. The zero-order valence-corrected chi connectivity index (χ0v) is 14.3. The first-order chi connectivity index (χ1) is 11.2. The van der Waals surface area contributed by atoms with Crippen molar-refractivity contribution in [2.24, 2.45) is 0 Å². The van der Waals surface area contributed by atoms with Crippen molar-refractivity contribution in [1.82, 2.24) is 9.97 Å². The van der Waals surface area contributed by atoms with E-state index in [1.165, 1.54) is 19.3 Å². The van der Waals surface area contributed by atoms with Gasteiger partial charge in [0.1, 0.15) is 5.76 Å². The zero-order valence-electron chi connectivity index (χ0n) is 14.3. The number of piperidine rings is 1. The van der Waals surface area contributed by atoms with Crippen molar-refractivity contribution >= 4 is 11.5 Å². The van der Waals surface area contributed by atoms with E-state index in [0.717, 1.165) is 42.3 Å². The average molecular weight is 314 g/mol. The van der Waals surface area contributed by atoms with Crippen LogP contribution in [0.3, 0.4) is 0 Å². The third kappa shape index (κ3) is 3.66. The maximum absolute atomic E-state index is 5.77. The maximum atomic E-state index is 5.77. The monoisotopic (exact) mass is 314 g/mol. The molecule has 23 heavy (non-hydrogen) atoms. The van der Waals surface area contributed by atoms with Crippen LogP contribution in [0.5, 0.6) is 0 Å². The van der Waals surface area contributed by atoms with Gasteiger partial charge in [-0.2, -0.15) is 0 Å². The van der Waals surface area contributed by atoms with Crippen LogP contribution < -0.4 is 10.2 Å². The van der Waals surface area contributed by atoms with Gasteiger partial charge in [0.25, 0.3) is 0 Å². The number of rotatable bonds is 5. The third-order valence-electron chi connectivity index (χ3n) is 4.12. The summed E-state index contributed by atoms with van der Waals surface area (Å²) in [7, 11) is 0. The Labute approximate surface area is 138 Å². The molecule has 0 atom stereocenters. The van der Waals surface area contributed by atoms with E-state index in [9.17, 15) is 0 Å². The molecule has 1 aliphatic heterocycles. The van der Waals surface area contributed by atoms with Crippen molar-refractivity contribution in [3.63, 3.8) is 0 Å². The van der Waals surface area contributed by atoms with Gasteiger partial charge >= 0.3 is 0 Å². The first-order valence-corrected chi connectivity index (χ1v) is 8.64. The number of hydrogen-bond donors (Lipinski definition) is 1. The van der Waals surface area contributed by atoms with E-state index in [-0.39, 0.29) is 0 Å². The molecule has 5 heteroatoms. The number of nitrogens with one attached hydrogen (secondary N) is 1. The van der Waals surface area contributed by atoms with E-state index in [1.807, 2.05) is 6.20 Å². The van der Waals surface area contributed by atoms with Crippen molar-refractivity contribution in [2.45, 2.75) is 52.5 Å². The molecule has 124 valence electrons. The predicted molar refractivity (Wildman–Crippen MR) is 93.9 cm³/mol. The number of aromatic nitrogens is 2. The highest BCUT2D eigenvalue weighted by Gasteiger charge is 2.18. The fraction of sp³-hybridized carbons (Fsp3) is 0.556. The Morgan fingerprint density at radius 3 is 2.61 bits per heavy atom. The number of nitrogens with zero attached hydrogens (tertiary/aromatic N) is 3. The van der Waals surface area contributed by atoms with Crippen LogP contribution in [-0.4, -0.2) is 29.1 Å². The van der Waals surface area contributed by atoms with Gasteiger partial charge < -0.3 is 14.6 Å². The number of anilines is 2. The summed E-state index contributed by atoms with van der Waals surface area (Å²) < 4.78 is 5.77. The molecule has 1 fully saturated rings. The molecule has 0 saturated carbocycles. The highest BCUT2D eigenvalue weighted by Crippen LogP contribution is 2.31. The molecule has 1 N–H and O–H groups in total. The Bertz CT molecular complexity index is 644. The first-order valence-electron chi connectivity index (χ1n) is 8.64. The molecule has 1 aliphatic rings. The summed E-state index contributed by atoms with van der Waals surface area (Å²) in [6.07, 6.45) is 8.32. The lowest BCUT2D eigenvalue weighted by Gasteiger charge is -2.30. The van der Waals surface area contributed by atoms with Crippen LogP contribution in [0, 0.1) is 0 Å². The van der Waals surface area contributed by atoms with Crippen LogP contribution in [-0.2, 0) is 6.42 Å². The van der Waals surface area contributed by atoms with Crippen LogP contribution >= 0.6 is 0 Å². The van der Waals surface area contributed by atoms with Gasteiger partial charge in [0.15, 0.2) is 5.82 Å². The second-order valence-electron chi connectivity index (χ2n) is 6.43. The number of hydrogen-bond acceptors (Lipinski definition) is 5. The summed E-state index contributed by atoms with van der Waals surface area (Å²) in [5.74, 6) is 2.59. The quantitative estimate of drug-likeness (QED) is 0.900. The Morgan fingerprint density at radius 2 is 1.96 bits per heavy atom. The molecule has 5 nitrogen and oxygen atoms in total. The largest absolute Gasteiger partial charge is 0.441 e. The van der Waals surface area contributed by atoms with Gasteiger partial charge in [0.2, 0.25) is 5.89 Å². The number of aryl methyl sites for hydroxylation is 1. The van der Waals surface area contributed by atoms with E-state index >= 15 is 0 Å². The molecular formula is C18H26N4O. The standard InChI is InChI=1S/C18H26N4O/c1-4-15-12-20-18(23-15)14-10-16(21-13(2)3)17(19-11-14)22-8-6-5-7-9-22/h10-13,21H,4-9H2,1-3H3. The van der Waals surface area contributed by atoms with Gasteiger partial charge in [0.05, 0.1) is 17.4 Å². The summed E-state index contributed by atoms with van der Waals surface area (Å²) in [6, 6.07) is 2.47.